The summed E-state index contributed by atoms with van der Waals surface area (Å²) in [5, 5.41) is 12.6. The molecule has 0 aromatic carbocycles. The molecule has 1 fully saturated rings. The Hall–Kier alpha value is -2.08. The third kappa shape index (κ3) is 1.94. The first-order chi connectivity index (χ1) is 9.20. The van der Waals surface area contributed by atoms with Gasteiger partial charge < -0.3 is 19.6 Å². The number of ether oxygens (including phenoxy) is 1. The maximum Gasteiger partial charge on any atom is 0.356 e. The predicted octanol–water partition coefficient (Wildman–Crippen LogP) is 1.47. The van der Waals surface area contributed by atoms with Gasteiger partial charge in [-0.1, -0.05) is 0 Å². The maximum atomic E-state index is 11.3. The van der Waals surface area contributed by atoms with E-state index in [4.69, 9.17) is 4.74 Å². The van der Waals surface area contributed by atoms with E-state index >= 15 is 0 Å². The zero-order chi connectivity index (χ0) is 13.4. The van der Waals surface area contributed by atoms with Crippen LogP contribution < -0.4 is 10.1 Å². The summed E-state index contributed by atoms with van der Waals surface area (Å²) in [7, 11) is 1.56. The minimum Gasteiger partial charge on any atom is -0.497 e. The third-order valence-electron chi connectivity index (χ3n) is 3.45. The van der Waals surface area contributed by atoms with Gasteiger partial charge in [0.15, 0.2) is 5.69 Å². The second-order valence-corrected chi connectivity index (χ2v) is 4.59. The number of imidazole rings is 1. The van der Waals surface area contributed by atoms with Gasteiger partial charge in [-0.2, -0.15) is 0 Å². The fourth-order valence-corrected chi connectivity index (χ4v) is 2.52. The molecule has 2 N–H and O–H groups in total. The van der Waals surface area contributed by atoms with Gasteiger partial charge in [-0.25, -0.2) is 9.78 Å². The van der Waals surface area contributed by atoms with E-state index in [-0.39, 0.29) is 11.7 Å². The topological polar surface area (TPSA) is 75.9 Å². The van der Waals surface area contributed by atoms with Crippen molar-refractivity contribution < 1.29 is 14.6 Å². The van der Waals surface area contributed by atoms with E-state index in [0.29, 0.717) is 11.3 Å². The number of hydrogen-bond donors (Lipinski definition) is 2. The Balaban J connectivity index is 2.20. The highest BCUT2D eigenvalue weighted by Gasteiger charge is 2.25. The van der Waals surface area contributed by atoms with Crippen molar-refractivity contribution in [1.82, 2.24) is 14.7 Å². The van der Waals surface area contributed by atoms with Crippen molar-refractivity contribution in [3.63, 3.8) is 0 Å². The van der Waals surface area contributed by atoms with E-state index in [2.05, 4.69) is 10.3 Å². The molecule has 6 heteroatoms. The number of aromatic nitrogens is 2. The fourth-order valence-electron chi connectivity index (χ4n) is 2.52. The third-order valence-corrected chi connectivity index (χ3v) is 3.45. The molecule has 0 aliphatic carbocycles. The summed E-state index contributed by atoms with van der Waals surface area (Å²) < 4.78 is 6.97. The van der Waals surface area contributed by atoms with Crippen LogP contribution in [0.1, 0.15) is 35.2 Å². The molecule has 0 radical (unpaired) electrons. The van der Waals surface area contributed by atoms with Crippen LogP contribution in [0.2, 0.25) is 0 Å². The summed E-state index contributed by atoms with van der Waals surface area (Å²) in [6.07, 6.45) is 3.87. The molecule has 0 bridgehead atoms. The molecular formula is C13H15N3O3. The van der Waals surface area contributed by atoms with Crippen LogP contribution in [0.15, 0.2) is 18.3 Å². The smallest absolute Gasteiger partial charge is 0.356 e. The second kappa shape index (κ2) is 4.55. The van der Waals surface area contributed by atoms with Crippen LogP contribution in [-0.4, -0.2) is 34.1 Å². The van der Waals surface area contributed by atoms with Gasteiger partial charge in [0.05, 0.1) is 18.7 Å². The lowest BCUT2D eigenvalue weighted by Gasteiger charge is -2.09. The number of methoxy groups -OCH3 is 1. The van der Waals surface area contributed by atoms with Crippen molar-refractivity contribution in [3.05, 3.63) is 29.8 Å². The standard InChI is InChI=1S/C13H15N3O3/c1-19-8-4-6-16-10(7-8)11(13(17)18)15-12(16)9-3-2-5-14-9/h4,6-7,9,14H,2-3,5H2,1H3,(H,17,18). The lowest BCUT2D eigenvalue weighted by Crippen LogP contribution is -2.15. The Morgan fingerprint density at radius 1 is 1.63 bits per heavy atom. The largest absolute Gasteiger partial charge is 0.497 e. The highest BCUT2D eigenvalue weighted by Crippen LogP contribution is 2.27. The van der Waals surface area contributed by atoms with Gasteiger partial charge in [0.25, 0.3) is 0 Å². The van der Waals surface area contributed by atoms with Gasteiger partial charge >= 0.3 is 5.97 Å². The monoisotopic (exact) mass is 261 g/mol. The highest BCUT2D eigenvalue weighted by atomic mass is 16.5. The fraction of sp³-hybridized carbons (Fsp3) is 0.385. The van der Waals surface area contributed by atoms with Gasteiger partial charge in [0.1, 0.15) is 11.6 Å². The van der Waals surface area contributed by atoms with Crippen molar-refractivity contribution in [1.29, 1.82) is 0 Å². The molecule has 2 aromatic heterocycles. The van der Waals surface area contributed by atoms with Crippen LogP contribution in [0.25, 0.3) is 5.52 Å². The number of nitrogens with one attached hydrogen (secondary N) is 1. The zero-order valence-corrected chi connectivity index (χ0v) is 10.6. The SMILES string of the molecule is COc1ccn2c(C3CCCN3)nc(C(=O)O)c2c1. The first-order valence-corrected chi connectivity index (χ1v) is 6.23. The van der Waals surface area contributed by atoms with E-state index in [1.165, 1.54) is 0 Å². The quantitative estimate of drug-likeness (QED) is 0.875. The van der Waals surface area contributed by atoms with Crippen molar-refractivity contribution in [2.45, 2.75) is 18.9 Å². The number of rotatable bonds is 3. The number of nitrogens with zero attached hydrogens (tertiary/aromatic N) is 2. The van der Waals surface area contributed by atoms with Gasteiger partial charge in [-0.3, -0.25) is 0 Å². The molecule has 0 saturated carbocycles. The van der Waals surface area contributed by atoms with E-state index < -0.39 is 5.97 Å². The normalized spacial score (nSPS) is 18.9. The van der Waals surface area contributed by atoms with E-state index in [1.54, 1.807) is 19.2 Å². The molecule has 1 saturated heterocycles. The molecule has 1 aliphatic rings. The number of hydrogen-bond acceptors (Lipinski definition) is 4. The Morgan fingerprint density at radius 3 is 3.11 bits per heavy atom. The van der Waals surface area contributed by atoms with Gasteiger partial charge in [0, 0.05) is 12.3 Å². The number of carboxylic acid groups (broad SMARTS) is 1. The number of fused-ring (bicyclic) bond motifs is 1. The molecule has 1 aliphatic heterocycles. The lowest BCUT2D eigenvalue weighted by atomic mass is 10.2. The van der Waals surface area contributed by atoms with Crippen molar-refractivity contribution >= 4 is 11.5 Å². The Bertz CT molecular complexity index is 629. The van der Waals surface area contributed by atoms with Gasteiger partial charge in [-0.05, 0) is 25.5 Å². The molecule has 3 rings (SSSR count). The first kappa shape index (κ1) is 12.0. The maximum absolute atomic E-state index is 11.3. The molecule has 1 atom stereocenters. The Kier molecular flexibility index (Phi) is 2.87. The van der Waals surface area contributed by atoms with Crippen molar-refractivity contribution in [3.8, 4) is 5.75 Å². The average Bonchev–Trinajstić information content (AvgIpc) is 3.04. The van der Waals surface area contributed by atoms with Crippen LogP contribution in [0.5, 0.6) is 5.75 Å². The van der Waals surface area contributed by atoms with Crippen LogP contribution in [0.3, 0.4) is 0 Å². The zero-order valence-electron chi connectivity index (χ0n) is 10.6. The number of carbonyl (C=O) groups is 1. The van der Waals surface area contributed by atoms with Crippen molar-refractivity contribution in [2.24, 2.45) is 0 Å². The number of pyridine rings is 1. The predicted molar refractivity (Wildman–Crippen MR) is 68.7 cm³/mol. The Labute approximate surface area is 110 Å². The average molecular weight is 261 g/mol. The summed E-state index contributed by atoms with van der Waals surface area (Å²) in [5.74, 6) is 0.364. The molecule has 19 heavy (non-hydrogen) atoms. The van der Waals surface area contributed by atoms with Crippen LogP contribution in [-0.2, 0) is 0 Å². The summed E-state index contributed by atoms with van der Waals surface area (Å²) in [5.41, 5.74) is 0.637. The number of carboxylic acids is 1. The number of aromatic carboxylic acids is 1. The molecule has 1 unspecified atom stereocenters. The van der Waals surface area contributed by atoms with E-state index in [1.807, 2.05) is 10.6 Å². The molecule has 100 valence electrons. The van der Waals surface area contributed by atoms with Crippen molar-refractivity contribution in [2.75, 3.05) is 13.7 Å². The van der Waals surface area contributed by atoms with Crippen LogP contribution in [0.4, 0.5) is 0 Å². The minimum absolute atomic E-state index is 0.0719. The summed E-state index contributed by atoms with van der Waals surface area (Å²) in [6, 6.07) is 3.63. The van der Waals surface area contributed by atoms with E-state index in [9.17, 15) is 9.90 Å². The summed E-state index contributed by atoms with van der Waals surface area (Å²) in [4.78, 5) is 15.6. The molecule has 0 amide bonds. The van der Waals surface area contributed by atoms with Crippen LogP contribution in [0, 0.1) is 0 Å². The lowest BCUT2D eigenvalue weighted by molar-refractivity contribution is 0.0693. The molecule has 0 spiro atoms. The van der Waals surface area contributed by atoms with Gasteiger partial charge in [0.2, 0.25) is 0 Å². The molecular weight excluding hydrogens is 246 g/mol. The summed E-state index contributed by atoms with van der Waals surface area (Å²) in [6.45, 7) is 0.943. The summed E-state index contributed by atoms with van der Waals surface area (Å²) >= 11 is 0. The first-order valence-electron chi connectivity index (χ1n) is 6.23. The molecule has 3 heterocycles. The Morgan fingerprint density at radius 2 is 2.47 bits per heavy atom. The minimum atomic E-state index is -1.02. The molecule has 2 aromatic rings. The van der Waals surface area contributed by atoms with Gasteiger partial charge in [-0.15, -0.1) is 0 Å². The molecule has 6 nitrogen and oxygen atoms in total. The van der Waals surface area contributed by atoms with E-state index in [0.717, 1.165) is 25.2 Å². The van der Waals surface area contributed by atoms with Crippen LogP contribution >= 0.6 is 0 Å². The highest BCUT2D eigenvalue weighted by molar-refractivity contribution is 5.94. The second-order valence-electron chi connectivity index (χ2n) is 4.59.